The number of alkyl halides is 16. The van der Waals surface area contributed by atoms with Crippen molar-refractivity contribution in [3.63, 3.8) is 0 Å². The molecule has 0 rings (SSSR count). The highest BCUT2D eigenvalue weighted by Gasteiger charge is 2.85. The van der Waals surface area contributed by atoms with Crippen LogP contribution in [0.15, 0.2) is 0 Å². The molecular weight excluding hydrogens is 448 g/mol. The van der Waals surface area contributed by atoms with E-state index in [9.17, 15) is 70.2 Å². The predicted molar refractivity (Wildman–Crippen MR) is 45.0 cm³/mol. The molecule has 0 saturated heterocycles. The van der Waals surface area contributed by atoms with Gasteiger partial charge >= 0.3 is 42.5 Å². The zero-order chi connectivity index (χ0) is 22.5. The van der Waals surface area contributed by atoms with Crippen LogP contribution in [0.1, 0.15) is 0 Å². The summed E-state index contributed by atoms with van der Waals surface area (Å²) in [6.07, 6.45) is -41.2. The maximum absolute atomic E-state index is 12.7. The van der Waals surface area contributed by atoms with Gasteiger partial charge in [-0.2, -0.15) is 65.9 Å². The molecule has 0 radical (unpaired) electrons. The quantitative estimate of drug-likeness (QED) is 0.554. The molecule has 0 bridgehead atoms. The molecule has 164 valence electrons. The third-order valence-corrected chi connectivity index (χ3v) is 2.25. The number of ether oxygens (including phenoxy) is 2. The van der Waals surface area contributed by atoms with E-state index in [-0.39, 0.29) is 0 Å². The van der Waals surface area contributed by atoms with Crippen molar-refractivity contribution in [3.8, 4) is 0 Å². The van der Waals surface area contributed by atoms with E-state index < -0.39 is 48.8 Å². The second-order valence-corrected chi connectivity index (χ2v) is 4.30. The van der Waals surface area contributed by atoms with Crippen molar-refractivity contribution in [3.05, 3.63) is 0 Å². The van der Waals surface area contributed by atoms with E-state index >= 15 is 0 Å². The van der Waals surface area contributed by atoms with Crippen LogP contribution in [0.25, 0.3) is 0 Å². The molecule has 3 nitrogen and oxygen atoms in total. The largest absolute Gasteiger partial charge is 0.460 e. The molecule has 0 aromatic carbocycles. The van der Waals surface area contributed by atoms with Crippen LogP contribution in [0.3, 0.4) is 0 Å². The molecule has 0 aromatic rings. The smallest absolute Gasteiger partial charge is 0.357 e. The minimum absolute atomic E-state index is 1.25. The van der Waals surface area contributed by atoms with Gasteiger partial charge in [0.25, 0.3) is 6.36 Å². The summed E-state index contributed by atoms with van der Waals surface area (Å²) >= 11 is 0. The molecule has 1 unspecified atom stereocenters. The maximum Gasteiger partial charge on any atom is 0.460 e. The van der Waals surface area contributed by atoms with Crippen LogP contribution in [-0.4, -0.2) is 53.9 Å². The molecular formula is C8H2F16O3. The van der Waals surface area contributed by atoms with Crippen LogP contribution in [-0.2, 0) is 9.47 Å². The van der Waals surface area contributed by atoms with E-state index in [1.807, 2.05) is 0 Å². The van der Waals surface area contributed by atoms with Gasteiger partial charge in [-0.05, 0) is 0 Å². The van der Waals surface area contributed by atoms with Gasteiger partial charge in [0.1, 0.15) is 0 Å². The topological polar surface area (TPSA) is 38.7 Å². The summed E-state index contributed by atoms with van der Waals surface area (Å²) in [5.41, 5.74) is 0. The summed E-state index contributed by atoms with van der Waals surface area (Å²) < 4.78 is 200. The SMILES string of the molecule is OC(F)C(F)(F)OC(F)(F)C(F)(F)OC(F)(F)C(F)(F)C(F)(F)C(F)(F)F. The lowest BCUT2D eigenvalue weighted by molar-refractivity contribution is -0.547. The molecule has 0 heterocycles. The van der Waals surface area contributed by atoms with Crippen molar-refractivity contribution in [2.24, 2.45) is 0 Å². The molecule has 0 aromatic heterocycles. The van der Waals surface area contributed by atoms with E-state index in [0.29, 0.717) is 0 Å². The first kappa shape index (κ1) is 25.8. The molecule has 1 atom stereocenters. The Kier molecular flexibility index (Phi) is 6.37. The fourth-order valence-electron chi connectivity index (χ4n) is 0.924. The maximum atomic E-state index is 12.7. The van der Waals surface area contributed by atoms with E-state index in [1.165, 1.54) is 4.74 Å². The van der Waals surface area contributed by atoms with Gasteiger partial charge in [0.15, 0.2) is 0 Å². The lowest BCUT2D eigenvalue weighted by atomic mass is 10.1. The first-order valence-electron chi connectivity index (χ1n) is 5.42. The standard InChI is InChI=1S/C8H2F16O3/c9-1(25)2(10,11)26-7(21,22)8(23,24)27-6(19,20)4(14,15)3(12,13)5(16,17)18/h1,25H. The zero-order valence-electron chi connectivity index (χ0n) is 11.4. The lowest BCUT2D eigenvalue weighted by Crippen LogP contribution is -2.64. The van der Waals surface area contributed by atoms with Gasteiger partial charge in [-0.1, -0.05) is 0 Å². The molecule has 19 heteroatoms. The predicted octanol–water partition coefficient (Wildman–Crippen LogP) is 4.51. The first-order valence-corrected chi connectivity index (χ1v) is 5.42. The number of aliphatic hydroxyl groups is 1. The molecule has 0 aliphatic carbocycles. The normalized spacial score (nSPS) is 17.2. The van der Waals surface area contributed by atoms with Crippen molar-refractivity contribution in [1.82, 2.24) is 0 Å². The number of aliphatic hydroxyl groups excluding tert-OH is 1. The zero-order valence-corrected chi connectivity index (χ0v) is 11.4. The van der Waals surface area contributed by atoms with Gasteiger partial charge in [0.2, 0.25) is 0 Å². The fraction of sp³-hybridized carbons (Fsp3) is 1.00. The van der Waals surface area contributed by atoms with Crippen molar-refractivity contribution >= 4 is 0 Å². The number of halogens is 16. The van der Waals surface area contributed by atoms with Gasteiger partial charge in [0, 0.05) is 0 Å². The monoisotopic (exact) mass is 450 g/mol. The molecule has 27 heavy (non-hydrogen) atoms. The highest BCUT2D eigenvalue weighted by molar-refractivity contribution is 4.97. The minimum Gasteiger partial charge on any atom is -0.357 e. The summed E-state index contributed by atoms with van der Waals surface area (Å²) in [7, 11) is 0. The van der Waals surface area contributed by atoms with E-state index in [1.54, 1.807) is 4.74 Å². The van der Waals surface area contributed by atoms with E-state index in [2.05, 4.69) is 0 Å². The summed E-state index contributed by atoms with van der Waals surface area (Å²) in [4.78, 5) is 0. The molecule has 0 amide bonds. The molecule has 1 N–H and O–H groups in total. The summed E-state index contributed by atoms with van der Waals surface area (Å²) in [6, 6.07) is 0. The average molecular weight is 450 g/mol. The van der Waals surface area contributed by atoms with Crippen LogP contribution in [0.5, 0.6) is 0 Å². The number of hydrogen-bond donors (Lipinski definition) is 1. The second kappa shape index (κ2) is 6.68. The highest BCUT2D eigenvalue weighted by Crippen LogP contribution is 2.55. The van der Waals surface area contributed by atoms with Crippen LogP contribution in [0, 0.1) is 0 Å². The van der Waals surface area contributed by atoms with Crippen molar-refractivity contribution < 1.29 is 84.8 Å². The van der Waals surface area contributed by atoms with Gasteiger partial charge in [0.05, 0.1) is 0 Å². The average Bonchev–Trinajstić information content (AvgIpc) is 2.33. The van der Waals surface area contributed by atoms with Crippen LogP contribution < -0.4 is 0 Å². The summed E-state index contributed by atoms with van der Waals surface area (Å²) in [5, 5.41) is 7.61. The van der Waals surface area contributed by atoms with Gasteiger partial charge in [-0.25, -0.2) is 13.9 Å². The van der Waals surface area contributed by atoms with Crippen molar-refractivity contribution in [1.29, 1.82) is 0 Å². The minimum atomic E-state index is -7.97. The van der Waals surface area contributed by atoms with Crippen molar-refractivity contribution in [2.45, 2.75) is 48.8 Å². The molecule has 0 aliphatic rings. The van der Waals surface area contributed by atoms with Crippen LogP contribution in [0.4, 0.5) is 70.2 Å². The summed E-state index contributed by atoms with van der Waals surface area (Å²) in [6.45, 7) is 0. The third kappa shape index (κ3) is 4.61. The van der Waals surface area contributed by atoms with Crippen LogP contribution >= 0.6 is 0 Å². The molecule has 0 saturated carbocycles. The lowest BCUT2D eigenvalue weighted by Gasteiger charge is -2.36. The summed E-state index contributed by atoms with van der Waals surface area (Å²) in [5.74, 6) is -15.8. The first-order chi connectivity index (χ1) is 11.4. The van der Waals surface area contributed by atoms with Gasteiger partial charge < -0.3 is 5.11 Å². The fourth-order valence-corrected chi connectivity index (χ4v) is 0.924. The third-order valence-electron chi connectivity index (χ3n) is 2.25. The Bertz CT molecular complexity index is 522. The Labute approximate surface area is 135 Å². The van der Waals surface area contributed by atoms with E-state index in [4.69, 9.17) is 5.11 Å². The molecule has 0 spiro atoms. The van der Waals surface area contributed by atoms with Gasteiger partial charge in [-0.3, -0.25) is 0 Å². The van der Waals surface area contributed by atoms with Gasteiger partial charge in [-0.15, -0.1) is 0 Å². The Balaban J connectivity index is 5.89. The number of rotatable bonds is 8. The van der Waals surface area contributed by atoms with E-state index in [0.717, 1.165) is 0 Å². The Morgan fingerprint density at radius 2 is 0.852 bits per heavy atom. The number of hydrogen-bond acceptors (Lipinski definition) is 3. The second-order valence-electron chi connectivity index (χ2n) is 4.30. The Hall–Kier alpha value is -1.24. The van der Waals surface area contributed by atoms with Crippen LogP contribution in [0.2, 0.25) is 0 Å². The molecule has 0 fully saturated rings. The van der Waals surface area contributed by atoms with Crippen molar-refractivity contribution in [2.75, 3.05) is 0 Å². The highest BCUT2D eigenvalue weighted by atomic mass is 19.4. The Morgan fingerprint density at radius 3 is 1.15 bits per heavy atom. The molecule has 0 aliphatic heterocycles. The Morgan fingerprint density at radius 1 is 0.519 bits per heavy atom.